The van der Waals surface area contributed by atoms with Crippen LogP contribution >= 0.6 is 0 Å². The molecule has 2 rings (SSSR count). The lowest BCUT2D eigenvalue weighted by Gasteiger charge is -2.36. The number of amides is 1. The highest BCUT2D eigenvalue weighted by Crippen LogP contribution is 2.31. The Morgan fingerprint density at radius 2 is 2.09 bits per heavy atom. The summed E-state index contributed by atoms with van der Waals surface area (Å²) in [4.78, 5) is 14.1. The van der Waals surface area contributed by atoms with Crippen LogP contribution in [0.25, 0.3) is 0 Å². The summed E-state index contributed by atoms with van der Waals surface area (Å²) in [5, 5.41) is 14.1. The van der Waals surface area contributed by atoms with Gasteiger partial charge >= 0.3 is 6.09 Å². The van der Waals surface area contributed by atoms with Crippen LogP contribution in [0.5, 0.6) is 0 Å². The Bertz CT molecular complexity index is 408. The monoisotopic (exact) mass is 326 g/mol. The first-order valence-corrected chi connectivity index (χ1v) is 9.11. The second-order valence-electron chi connectivity index (χ2n) is 8.53. The van der Waals surface area contributed by atoms with Crippen LogP contribution in [-0.4, -0.2) is 53.0 Å². The molecule has 0 radical (unpaired) electrons. The van der Waals surface area contributed by atoms with E-state index in [-0.39, 0.29) is 12.1 Å². The molecular weight excluding hydrogens is 292 g/mol. The van der Waals surface area contributed by atoms with Crippen LogP contribution in [0, 0.1) is 5.92 Å². The number of carbonyl (C=O) groups is 1. The molecule has 1 saturated carbocycles. The van der Waals surface area contributed by atoms with Crippen molar-refractivity contribution in [3.8, 4) is 0 Å². The Kier molecular flexibility index (Phi) is 5.95. The Labute approximate surface area is 140 Å². The minimum Gasteiger partial charge on any atom is -0.444 e. The van der Waals surface area contributed by atoms with Crippen LogP contribution in [0.2, 0.25) is 0 Å². The van der Waals surface area contributed by atoms with Gasteiger partial charge in [0, 0.05) is 25.7 Å². The van der Waals surface area contributed by atoms with Gasteiger partial charge in [0.25, 0.3) is 0 Å². The summed E-state index contributed by atoms with van der Waals surface area (Å²) in [6.07, 6.45) is 5.88. The van der Waals surface area contributed by atoms with Crippen LogP contribution < -0.4 is 5.32 Å². The summed E-state index contributed by atoms with van der Waals surface area (Å²) in [6, 6.07) is 0.175. The molecule has 1 aliphatic carbocycles. The van der Waals surface area contributed by atoms with Crippen molar-refractivity contribution in [3.63, 3.8) is 0 Å². The van der Waals surface area contributed by atoms with Crippen LogP contribution in [0.15, 0.2) is 0 Å². The van der Waals surface area contributed by atoms with Crippen molar-refractivity contribution in [2.45, 2.75) is 83.5 Å². The Hall–Kier alpha value is -0.810. The van der Waals surface area contributed by atoms with E-state index in [0.717, 1.165) is 45.2 Å². The molecule has 134 valence electrons. The number of aliphatic hydroxyl groups is 1. The van der Waals surface area contributed by atoms with Gasteiger partial charge in [-0.25, -0.2) is 4.79 Å². The van der Waals surface area contributed by atoms with E-state index in [2.05, 4.69) is 12.2 Å². The van der Waals surface area contributed by atoms with Crippen molar-refractivity contribution >= 4 is 6.09 Å². The number of nitrogens with zero attached hydrogens (tertiary/aromatic N) is 1. The van der Waals surface area contributed by atoms with Crippen LogP contribution in [0.1, 0.15) is 66.2 Å². The number of ether oxygens (including phenoxy) is 1. The summed E-state index contributed by atoms with van der Waals surface area (Å²) in [7, 11) is 0. The number of rotatable bonds is 4. The fraction of sp³-hybridized carbons (Fsp3) is 0.944. The smallest absolute Gasteiger partial charge is 0.410 e. The highest BCUT2D eigenvalue weighted by Gasteiger charge is 2.34. The minimum atomic E-state index is -0.576. The molecule has 1 amide bonds. The quantitative estimate of drug-likeness (QED) is 0.834. The first-order valence-electron chi connectivity index (χ1n) is 9.11. The van der Waals surface area contributed by atoms with E-state index in [1.165, 1.54) is 6.42 Å². The van der Waals surface area contributed by atoms with Crippen molar-refractivity contribution in [1.82, 2.24) is 10.2 Å². The lowest BCUT2D eigenvalue weighted by molar-refractivity contribution is -0.0128. The maximum Gasteiger partial charge on any atom is 0.410 e. The fourth-order valence-electron chi connectivity index (χ4n) is 3.87. The summed E-state index contributed by atoms with van der Waals surface area (Å²) in [5.74, 6) is 0.597. The molecular formula is C18H34N2O3. The Morgan fingerprint density at radius 3 is 2.74 bits per heavy atom. The van der Waals surface area contributed by atoms with Gasteiger partial charge in [-0.15, -0.1) is 0 Å². The van der Waals surface area contributed by atoms with E-state index in [9.17, 15) is 9.90 Å². The predicted octanol–water partition coefficient (Wildman–Crippen LogP) is 2.92. The number of likely N-dealkylation sites (tertiary alicyclic amines) is 1. The van der Waals surface area contributed by atoms with E-state index in [0.29, 0.717) is 12.5 Å². The second-order valence-corrected chi connectivity index (χ2v) is 8.53. The zero-order valence-electron chi connectivity index (χ0n) is 15.2. The molecule has 2 fully saturated rings. The van der Waals surface area contributed by atoms with Gasteiger partial charge in [0.2, 0.25) is 0 Å². The molecule has 5 heteroatoms. The molecule has 23 heavy (non-hydrogen) atoms. The van der Waals surface area contributed by atoms with E-state index in [1.807, 2.05) is 25.7 Å². The van der Waals surface area contributed by atoms with E-state index in [1.54, 1.807) is 0 Å². The number of hydrogen-bond acceptors (Lipinski definition) is 4. The van der Waals surface area contributed by atoms with Crippen LogP contribution in [0.3, 0.4) is 0 Å². The lowest BCUT2D eigenvalue weighted by atomic mass is 9.79. The standard InChI is InChI=1S/C18H34N2O3/c1-14-7-5-9-18(22,11-14)13-19-12-15-8-6-10-20(15)16(21)23-17(2,3)4/h14-15,19,22H,5-13H2,1-4H3. The van der Waals surface area contributed by atoms with E-state index < -0.39 is 11.2 Å². The van der Waals surface area contributed by atoms with Gasteiger partial charge < -0.3 is 20.1 Å². The second kappa shape index (κ2) is 7.39. The molecule has 3 atom stereocenters. The third-order valence-corrected chi connectivity index (χ3v) is 4.91. The van der Waals surface area contributed by atoms with Gasteiger partial charge in [-0.2, -0.15) is 0 Å². The van der Waals surface area contributed by atoms with Gasteiger partial charge in [-0.3, -0.25) is 0 Å². The highest BCUT2D eigenvalue weighted by atomic mass is 16.6. The summed E-state index contributed by atoms with van der Waals surface area (Å²) >= 11 is 0. The van der Waals surface area contributed by atoms with E-state index >= 15 is 0 Å². The molecule has 1 heterocycles. The topological polar surface area (TPSA) is 61.8 Å². The SMILES string of the molecule is CC1CCCC(O)(CNCC2CCCN2C(=O)OC(C)(C)C)C1. The maximum atomic E-state index is 12.3. The third kappa shape index (κ3) is 5.64. The highest BCUT2D eigenvalue weighted by molar-refractivity contribution is 5.69. The summed E-state index contributed by atoms with van der Waals surface area (Å²) < 4.78 is 5.49. The fourth-order valence-corrected chi connectivity index (χ4v) is 3.87. The van der Waals surface area contributed by atoms with Crippen LogP contribution in [-0.2, 0) is 4.74 Å². The van der Waals surface area contributed by atoms with Crippen molar-refractivity contribution in [3.05, 3.63) is 0 Å². The van der Waals surface area contributed by atoms with Crippen molar-refractivity contribution in [2.24, 2.45) is 5.92 Å². The maximum absolute atomic E-state index is 12.3. The Balaban J connectivity index is 1.79. The molecule has 0 bridgehead atoms. The molecule has 0 aromatic rings. The molecule has 1 aliphatic heterocycles. The number of nitrogens with one attached hydrogen (secondary N) is 1. The van der Waals surface area contributed by atoms with Gasteiger partial charge in [0.15, 0.2) is 0 Å². The molecule has 0 aromatic carbocycles. The average molecular weight is 326 g/mol. The molecule has 0 aromatic heterocycles. The van der Waals surface area contributed by atoms with Crippen LogP contribution in [0.4, 0.5) is 4.79 Å². The zero-order valence-corrected chi connectivity index (χ0v) is 15.2. The summed E-state index contributed by atoms with van der Waals surface area (Å²) in [5.41, 5.74) is -1.03. The average Bonchev–Trinajstić information content (AvgIpc) is 2.84. The van der Waals surface area contributed by atoms with Crippen molar-refractivity contribution in [1.29, 1.82) is 0 Å². The van der Waals surface area contributed by atoms with Crippen molar-refractivity contribution in [2.75, 3.05) is 19.6 Å². The largest absolute Gasteiger partial charge is 0.444 e. The molecule has 5 nitrogen and oxygen atoms in total. The predicted molar refractivity (Wildman–Crippen MR) is 91.4 cm³/mol. The molecule has 2 N–H and O–H groups in total. The van der Waals surface area contributed by atoms with E-state index in [4.69, 9.17) is 4.74 Å². The van der Waals surface area contributed by atoms with Gasteiger partial charge in [-0.05, 0) is 52.4 Å². The summed E-state index contributed by atoms with van der Waals surface area (Å²) in [6.45, 7) is 10.0. The van der Waals surface area contributed by atoms with Crippen molar-refractivity contribution < 1.29 is 14.6 Å². The molecule has 0 spiro atoms. The first kappa shape index (κ1) is 18.5. The lowest BCUT2D eigenvalue weighted by Crippen LogP contribution is -2.49. The number of hydrogen-bond donors (Lipinski definition) is 2. The minimum absolute atomic E-state index is 0.175. The van der Waals surface area contributed by atoms with Gasteiger partial charge in [0.05, 0.1) is 5.60 Å². The first-order chi connectivity index (χ1) is 10.7. The Morgan fingerprint density at radius 1 is 1.35 bits per heavy atom. The molecule has 3 unspecified atom stereocenters. The third-order valence-electron chi connectivity index (χ3n) is 4.91. The molecule has 2 aliphatic rings. The van der Waals surface area contributed by atoms with Gasteiger partial charge in [0.1, 0.15) is 5.60 Å². The number of carbonyl (C=O) groups excluding carboxylic acids is 1. The normalized spacial score (nSPS) is 32.1. The van der Waals surface area contributed by atoms with Gasteiger partial charge in [-0.1, -0.05) is 19.8 Å². The zero-order chi connectivity index (χ0) is 17.1. The molecule has 1 saturated heterocycles.